The van der Waals surface area contributed by atoms with Gasteiger partial charge in [-0.2, -0.15) is 0 Å². The lowest BCUT2D eigenvalue weighted by atomic mass is 10.1. The molecule has 1 aromatic carbocycles. The third-order valence-electron chi connectivity index (χ3n) is 4.20. The molecule has 0 amide bonds. The lowest BCUT2D eigenvalue weighted by molar-refractivity contribution is 0.0899. The van der Waals surface area contributed by atoms with E-state index in [1.165, 1.54) is 11.9 Å². The van der Waals surface area contributed by atoms with Gasteiger partial charge in [0.05, 0.1) is 5.39 Å². The quantitative estimate of drug-likeness (QED) is 0.331. The highest BCUT2D eigenvalue weighted by molar-refractivity contribution is 6.76. The summed E-state index contributed by atoms with van der Waals surface area (Å²) in [5.74, 6) is 0. The third-order valence-corrected chi connectivity index (χ3v) is 6.19. The lowest BCUT2D eigenvalue weighted by Gasteiger charge is -2.15. The van der Waals surface area contributed by atoms with Crippen LogP contribution in [0.15, 0.2) is 36.8 Å². The average molecular weight is 374 g/mol. The summed E-state index contributed by atoms with van der Waals surface area (Å²) in [5, 5.41) is 1.35. The van der Waals surface area contributed by atoms with Crippen molar-refractivity contribution in [1.82, 2.24) is 14.5 Å². The molecule has 0 radical (unpaired) electrons. The Morgan fingerprint density at radius 3 is 2.52 bits per heavy atom. The molecule has 3 aromatic rings. The van der Waals surface area contributed by atoms with E-state index in [2.05, 4.69) is 67.0 Å². The zero-order valence-electron chi connectivity index (χ0n) is 15.2. The molecule has 0 atom stereocenters. The van der Waals surface area contributed by atoms with Crippen molar-refractivity contribution in [2.45, 2.75) is 39.3 Å². The average Bonchev–Trinajstić information content (AvgIpc) is 2.92. The molecule has 2 heterocycles. The molecule has 0 spiro atoms. The number of aryl methyl sites for hydroxylation is 1. The van der Waals surface area contributed by atoms with Crippen molar-refractivity contribution in [2.24, 2.45) is 0 Å². The van der Waals surface area contributed by atoms with Gasteiger partial charge in [-0.25, -0.2) is 9.97 Å². The number of hydrogen-bond donors (Lipinski definition) is 0. The van der Waals surface area contributed by atoms with Crippen LogP contribution < -0.4 is 0 Å². The van der Waals surface area contributed by atoms with Gasteiger partial charge in [-0.1, -0.05) is 61.1 Å². The number of fused-ring (bicyclic) bond motifs is 1. The summed E-state index contributed by atoms with van der Waals surface area (Å²) in [5.41, 5.74) is 4.18. The first-order chi connectivity index (χ1) is 11.8. The van der Waals surface area contributed by atoms with Crippen molar-refractivity contribution in [3.63, 3.8) is 0 Å². The molecule has 25 heavy (non-hydrogen) atoms. The Balaban J connectivity index is 1.92. The predicted molar refractivity (Wildman–Crippen MR) is 107 cm³/mol. The van der Waals surface area contributed by atoms with E-state index in [0.29, 0.717) is 11.9 Å². The smallest absolute Gasteiger partial charge is 0.147 e. The molecule has 2 aromatic heterocycles. The number of nitrogens with zero attached hydrogens (tertiary/aromatic N) is 3. The molecule has 0 aliphatic rings. The van der Waals surface area contributed by atoms with Gasteiger partial charge < -0.3 is 9.30 Å². The SMILES string of the molecule is Cc1ccc(-c2cn(COCC[Si](C)(C)C)c3ncnc(Cl)c23)cc1. The zero-order chi connectivity index (χ0) is 18.0. The van der Waals surface area contributed by atoms with Crippen molar-refractivity contribution in [1.29, 1.82) is 0 Å². The fraction of sp³-hybridized carbons (Fsp3) is 0.368. The summed E-state index contributed by atoms with van der Waals surface area (Å²) in [6.07, 6.45) is 3.56. The molecule has 0 aliphatic carbocycles. The summed E-state index contributed by atoms with van der Waals surface area (Å²) >= 11 is 6.38. The molecular weight excluding hydrogens is 350 g/mol. The zero-order valence-corrected chi connectivity index (χ0v) is 17.0. The number of halogens is 1. The van der Waals surface area contributed by atoms with Crippen LogP contribution >= 0.6 is 11.6 Å². The van der Waals surface area contributed by atoms with Gasteiger partial charge in [-0.05, 0) is 18.5 Å². The van der Waals surface area contributed by atoms with Crippen molar-refractivity contribution in [2.75, 3.05) is 6.61 Å². The summed E-state index contributed by atoms with van der Waals surface area (Å²) in [6.45, 7) is 10.4. The van der Waals surface area contributed by atoms with Crippen LogP contribution in [-0.2, 0) is 11.5 Å². The minimum Gasteiger partial charge on any atom is -0.361 e. The van der Waals surface area contributed by atoms with E-state index < -0.39 is 8.07 Å². The molecule has 132 valence electrons. The first kappa shape index (κ1) is 18.1. The lowest BCUT2D eigenvalue weighted by Crippen LogP contribution is -2.22. The van der Waals surface area contributed by atoms with Gasteiger partial charge in [-0.3, -0.25) is 0 Å². The van der Waals surface area contributed by atoms with Gasteiger partial charge in [-0.15, -0.1) is 0 Å². The topological polar surface area (TPSA) is 39.9 Å². The highest BCUT2D eigenvalue weighted by atomic mass is 35.5. The highest BCUT2D eigenvalue weighted by Gasteiger charge is 2.16. The monoisotopic (exact) mass is 373 g/mol. The fourth-order valence-electron chi connectivity index (χ4n) is 2.68. The Hall–Kier alpha value is -1.69. The standard InChI is InChI=1S/C19H24ClN3OSi/c1-14-5-7-15(8-6-14)16-11-23(13-24-9-10-25(2,3)4)19-17(16)18(20)21-12-22-19/h5-8,11-12H,9-10,13H2,1-4H3. The van der Waals surface area contributed by atoms with E-state index >= 15 is 0 Å². The second-order valence-corrected chi connectivity index (χ2v) is 13.6. The largest absolute Gasteiger partial charge is 0.361 e. The number of hydrogen-bond acceptors (Lipinski definition) is 3. The first-order valence-corrected chi connectivity index (χ1v) is 12.6. The molecule has 6 heteroatoms. The number of ether oxygens (including phenoxy) is 1. The van der Waals surface area contributed by atoms with Crippen LogP contribution in [0.4, 0.5) is 0 Å². The van der Waals surface area contributed by atoms with Crippen LogP contribution in [0.3, 0.4) is 0 Å². The van der Waals surface area contributed by atoms with Crippen molar-refractivity contribution in [3.8, 4) is 11.1 Å². The molecular formula is C19H24ClN3OSi. The van der Waals surface area contributed by atoms with E-state index in [0.717, 1.165) is 34.8 Å². The van der Waals surface area contributed by atoms with Crippen LogP contribution in [-0.4, -0.2) is 29.2 Å². The molecule has 0 bridgehead atoms. The first-order valence-electron chi connectivity index (χ1n) is 8.49. The van der Waals surface area contributed by atoms with Crippen LogP contribution in [0.1, 0.15) is 5.56 Å². The van der Waals surface area contributed by atoms with Crippen LogP contribution in [0.5, 0.6) is 0 Å². The van der Waals surface area contributed by atoms with Gasteiger partial charge >= 0.3 is 0 Å². The second kappa shape index (κ2) is 7.28. The Bertz CT molecular complexity index is 869. The molecule has 0 unspecified atom stereocenters. The highest BCUT2D eigenvalue weighted by Crippen LogP contribution is 2.33. The van der Waals surface area contributed by atoms with Crippen LogP contribution in [0, 0.1) is 6.92 Å². The predicted octanol–water partition coefficient (Wildman–Crippen LogP) is 5.37. The van der Waals surface area contributed by atoms with Crippen LogP contribution in [0.25, 0.3) is 22.2 Å². The van der Waals surface area contributed by atoms with Crippen LogP contribution in [0.2, 0.25) is 30.8 Å². The maximum absolute atomic E-state index is 6.38. The van der Waals surface area contributed by atoms with Gasteiger partial charge in [0.15, 0.2) is 0 Å². The second-order valence-electron chi connectivity index (χ2n) is 7.59. The summed E-state index contributed by atoms with van der Waals surface area (Å²) in [6, 6.07) is 9.54. The fourth-order valence-corrected chi connectivity index (χ4v) is 3.66. The molecule has 3 rings (SSSR count). The molecule has 0 N–H and O–H groups in total. The Morgan fingerprint density at radius 2 is 1.84 bits per heavy atom. The number of aromatic nitrogens is 3. The maximum Gasteiger partial charge on any atom is 0.147 e. The maximum atomic E-state index is 6.38. The Labute approximate surface area is 154 Å². The Kier molecular flexibility index (Phi) is 5.27. The molecule has 0 saturated heterocycles. The normalized spacial score (nSPS) is 12.0. The van der Waals surface area contributed by atoms with Gasteiger partial charge in [0, 0.05) is 26.4 Å². The summed E-state index contributed by atoms with van der Waals surface area (Å²) in [7, 11) is -1.09. The molecule has 0 aliphatic heterocycles. The van der Waals surface area contributed by atoms with E-state index in [4.69, 9.17) is 16.3 Å². The molecule has 0 saturated carbocycles. The van der Waals surface area contributed by atoms with E-state index in [1.54, 1.807) is 0 Å². The van der Waals surface area contributed by atoms with Gasteiger partial charge in [0.1, 0.15) is 23.9 Å². The van der Waals surface area contributed by atoms with Crippen molar-refractivity contribution < 1.29 is 4.74 Å². The molecule has 4 nitrogen and oxygen atoms in total. The van der Waals surface area contributed by atoms with E-state index in [-0.39, 0.29) is 0 Å². The third kappa shape index (κ3) is 4.29. The summed E-state index contributed by atoms with van der Waals surface area (Å²) < 4.78 is 7.92. The minimum absolute atomic E-state index is 0.472. The number of rotatable bonds is 6. The minimum atomic E-state index is -1.09. The van der Waals surface area contributed by atoms with Gasteiger partial charge in [0.2, 0.25) is 0 Å². The number of benzene rings is 1. The van der Waals surface area contributed by atoms with Crippen molar-refractivity contribution >= 4 is 30.7 Å². The van der Waals surface area contributed by atoms with E-state index in [9.17, 15) is 0 Å². The van der Waals surface area contributed by atoms with E-state index in [1.807, 2.05) is 4.57 Å². The van der Waals surface area contributed by atoms with Crippen molar-refractivity contribution in [3.05, 3.63) is 47.5 Å². The summed E-state index contributed by atoms with van der Waals surface area (Å²) in [4.78, 5) is 8.59. The molecule has 0 fully saturated rings. The van der Waals surface area contributed by atoms with Gasteiger partial charge in [0.25, 0.3) is 0 Å². The Morgan fingerprint density at radius 1 is 1.12 bits per heavy atom.